The lowest BCUT2D eigenvalue weighted by Gasteiger charge is -2.12. The van der Waals surface area contributed by atoms with Crippen LogP contribution in [0.25, 0.3) is 0 Å². The largest absolute Gasteiger partial charge is 0.349 e. The number of rotatable bonds is 3. The smallest absolute Gasteiger partial charge is 0.252 e. The van der Waals surface area contributed by atoms with E-state index in [1.54, 1.807) is 13.1 Å². The summed E-state index contributed by atoms with van der Waals surface area (Å²) in [6, 6.07) is -0.446. The minimum absolute atomic E-state index is 0.113. The van der Waals surface area contributed by atoms with Gasteiger partial charge < -0.3 is 5.32 Å². The molecule has 1 aliphatic rings. The molecule has 2 heterocycles. The van der Waals surface area contributed by atoms with Crippen LogP contribution in [0.1, 0.15) is 18.2 Å². The molecule has 5 nitrogen and oxygen atoms in total. The first-order valence-corrected chi connectivity index (χ1v) is 5.96. The predicted octanol–water partition coefficient (Wildman–Crippen LogP) is 1.01. The molecule has 1 aromatic heterocycles. The van der Waals surface area contributed by atoms with Crippen molar-refractivity contribution in [3.63, 3.8) is 0 Å². The molecule has 0 radical (unpaired) electrons. The predicted molar refractivity (Wildman–Crippen MR) is 61.3 cm³/mol. The van der Waals surface area contributed by atoms with Gasteiger partial charge in [-0.3, -0.25) is 14.5 Å². The van der Waals surface area contributed by atoms with Gasteiger partial charge in [0.1, 0.15) is 6.04 Å². The van der Waals surface area contributed by atoms with E-state index in [1.807, 2.05) is 6.92 Å². The number of thiazole rings is 1. The van der Waals surface area contributed by atoms with Gasteiger partial charge in [-0.25, -0.2) is 4.98 Å². The molecular weight excluding hydrogens is 226 g/mol. The molecule has 0 aromatic carbocycles. The van der Waals surface area contributed by atoms with Crippen molar-refractivity contribution >= 4 is 28.3 Å². The Balaban J connectivity index is 2.07. The Morgan fingerprint density at radius 1 is 1.62 bits per heavy atom. The third-order valence-corrected chi connectivity index (χ3v) is 3.32. The van der Waals surface area contributed by atoms with E-state index in [-0.39, 0.29) is 18.2 Å². The van der Waals surface area contributed by atoms with Gasteiger partial charge in [0.15, 0.2) is 5.13 Å². The van der Waals surface area contributed by atoms with E-state index < -0.39 is 6.04 Å². The lowest BCUT2D eigenvalue weighted by atomic mass is 10.2. The van der Waals surface area contributed by atoms with Crippen LogP contribution in [0, 0.1) is 6.92 Å². The van der Waals surface area contributed by atoms with Gasteiger partial charge in [0.25, 0.3) is 5.91 Å². The summed E-state index contributed by atoms with van der Waals surface area (Å²) in [4.78, 5) is 29.7. The van der Waals surface area contributed by atoms with Crippen molar-refractivity contribution in [2.75, 3.05) is 11.9 Å². The maximum absolute atomic E-state index is 11.8. The lowest BCUT2D eigenvalue weighted by molar-refractivity contribution is -0.138. The molecule has 0 bridgehead atoms. The number of nitrogens with one attached hydrogen (secondary N) is 1. The van der Waals surface area contributed by atoms with Gasteiger partial charge in [-0.1, -0.05) is 0 Å². The zero-order valence-corrected chi connectivity index (χ0v) is 10.0. The van der Waals surface area contributed by atoms with E-state index in [1.165, 1.54) is 16.2 Å². The summed E-state index contributed by atoms with van der Waals surface area (Å²) in [6.45, 7) is 4.18. The van der Waals surface area contributed by atoms with Gasteiger partial charge in [-0.15, -0.1) is 11.3 Å². The SMILES string of the molecule is CCN1C(=O)CC(Nc2ncc(C)s2)C1=O. The number of carbonyl (C=O) groups is 2. The number of nitrogens with zero attached hydrogens (tertiary/aromatic N) is 2. The molecule has 1 aromatic rings. The molecule has 2 amide bonds. The molecule has 0 aliphatic carbocycles. The topological polar surface area (TPSA) is 62.3 Å². The number of likely N-dealkylation sites (tertiary alicyclic amines) is 1. The van der Waals surface area contributed by atoms with Crippen LogP contribution in [0.4, 0.5) is 5.13 Å². The second kappa shape index (κ2) is 4.21. The summed E-state index contributed by atoms with van der Waals surface area (Å²) in [5, 5.41) is 3.70. The maximum atomic E-state index is 11.8. The zero-order valence-electron chi connectivity index (χ0n) is 9.19. The Morgan fingerprint density at radius 2 is 2.38 bits per heavy atom. The van der Waals surface area contributed by atoms with Crippen LogP contribution in [0.5, 0.6) is 0 Å². The van der Waals surface area contributed by atoms with Crippen LogP contribution < -0.4 is 5.32 Å². The Labute approximate surface area is 97.5 Å². The number of likely N-dealkylation sites (N-methyl/N-ethyl adjacent to an activating group) is 1. The zero-order chi connectivity index (χ0) is 11.7. The van der Waals surface area contributed by atoms with E-state index in [0.29, 0.717) is 11.7 Å². The summed E-state index contributed by atoms with van der Waals surface area (Å²) < 4.78 is 0. The number of aromatic nitrogens is 1. The number of anilines is 1. The van der Waals surface area contributed by atoms with Gasteiger partial charge in [0.2, 0.25) is 5.91 Å². The van der Waals surface area contributed by atoms with Crippen molar-refractivity contribution in [1.29, 1.82) is 0 Å². The number of imide groups is 1. The fraction of sp³-hybridized carbons (Fsp3) is 0.500. The van der Waals surface area contributed by atoms with E-state index in [4.69, 9.17) is 0 Å². The summed E-state index contributed by atoms with van der Waals surface area (Å²) in [5.74, 6) is -0.265. The van der Waals surface area contributed by atoms with Crippen molar-refractivity contribution < 1.29 is 9.59 Å². The van der Waals surface area contributed by atoms with Crippen molar-refractivity contribution in [3.8, 4) is 0 Å². The third-order valence-electron chi connectivity index (χ3n) is 2.48. The van der Waals surface area contributed by atoms with Crippen LogP contribution in [0.15, 0.2) is 6.20 Å². The highest BCUT2D eigenvalue weighted by Crippen LogP contribution is 2.21. The number of hydrogen-bond donors (Lipinski definition) is 1. The van der Waals surface area contributed by atoms with Crippen LogP contribution in [-0.2, 0) is 9.59 Å². The van der Waals surface area contributed by atoms with E-state index in [2.05, 4.69) is 10.3 Å². The molecule has 0 spiro atoms. The Bertz CT molecular complexity index is 429. The lowest BCUT2D eigenvalue weighted by Crippen LogP contribution is -2.34. The van der Waals surface area contributed by atoms with Gasteiger partial charge >= 0.3 is 0 Å². The molecule has 1 fully saturated rings. The molecule has 6 heteroatoms. The van der Waals surface area contributed by atoms with Crippen LogP contribution in [-0.4, -0.2) is 34.3 Å². The van der Waals surface area contributed by atoms with Crippen LogP contribution >= 0.6 is 11.3 Å². The van der Waals surface area contributed by atoms with Crippen molar-refractivity contribution in [2.45, 2.75) is 26.3 Å². The fourth-order valence-electron chi connectivity index (χ4n) is 1.70. The first-order chi connectivity index (χ1) is 7.61. The molecule has 0 saturated carbocycles. The Hall–Kier alpha value is -1.43. The van der Waals surface area contributed by atoms with E-state index in [0.717, 1.165) is 4.88 Å². The van der Waals surface area contributed by atoms with Crippen molar-refractivity contribution in [2.24, 2.45) is 0 Å². The molecule has 1 N–H and O–H groups in total. The highest BCUT2D eigenvalue weighted by Gasteiger charge is 2.37. The molecule has 86 valence electrons. The normalized spacial score (nSPS) is 20.6. The van der Waals surface area contributed by atoms with Crippen molar-refractivity contribution in [3.05, 3.63) is 11.1 Å². The van der Waals surface area contributed by atoms with Gasteiger partial charge in [0, 0.05) is 17.6 Å². The molecule has 1 atom stereocenters. The number of hydrogen-bond acceptors (Lipinski definition) is 5. The molecule has 1 saturated heterocycles. The van der Waals surface area contributed by atoms with Gasteiger partial charge in [-0.05, 0) is 13.8 Å². The Kier molecular flexibility index (Phi) is 2.91. The maximum Gasteiger partial charge on any atom is 0.252 e. The highest BCUT2D eigenvalue weighted by molar-refractivity contribution is 7.15. The standard InChI is InChI=1S/C10H13N3O2S/c1-3-13-8(14)4-7(9(13)15)12-10-11-5-6(2)16-10/h5,7H,3-4H2,1-2H3,(H,11,12). The average Bonchev–Trinajstić information content (AvgIpc) is 2.74. The molecule has 1 unspecified atom stereocenters. The number of aryl methyl sites for hydroxylation is 1. The minimum atomic E-state index is -0.446. The minimum Gasteiger partial charge on any atom is -0.349 e. The molecule has 2 rings (SSSR count). The summed E-state index contributed by atoms with van der Waals surface area (Å²) in [6.07, 6.45) is 1.97. The quantitative estimate of drug-likeness (QED) is 0.800. The summed E-state index contributed by atoms with van der Waals surface area (Å²) >= 11 is 1.48. The van der Waals surface area contributed by atoms with E-state index in [9.17, 15) is 9.59 Å². The molecular formula is C10H13N3O2S. The molecule has 1 aliphatic heterocycles. The van der Waals surface area contributed by atoms with Crippen LogP contribution in [0.3, 0.4) is 0 Å². The third kappa shape index (κ3) is 1.92. The summed E-state index contributed by atoms with van der Waals surface area (Å²) in [7, 11) is 0. The monoisotopic (exact) mass is 239 g/mol. The van der Waals surface area contributed by atoms with Gasteiger partial charge in [0.05, 0.1) is 6.42 Å². The van der Waals surface area contributed by atoms with Gasteiger partial charge in [-0.2, -0.15) is 0 Å². The Morgan fingerprint density at radius 3 is 2.88 bits per heavy atom. The first-order valence-electron chi connectivity index (χ1n) is 5.15. The second-order valence-electron chi connectivity index (χ2n) is 3.65. The number of carbonyl (C=O) groups excluding carboxylic acids is 2. The number of amides is 2. The fourth-order valence-corrected chi connectivity index (χ4v) is 2.42. The summed E-state index contributed by atoms with van der Waals surface area (Å²) in [5.41, 5.74) is 0. The average molecular weight is 239 g/mol. The first kappa shape index (κ1) is 11.1. The van der Waals surface area contributed by atoms with E-state index >= 15 is 0 Å². The van der Waals surface area contributed by atoms with Crippen molar-refractivity contribution in [1.82, 2.24) is 9.88 Å². The molecule has 16 heavy (non-hydrogen) atoms. The van der Waals surface area contributed by atoms with Crippen LogP contribution in [0.2, 0.25) is 0 Å². The highest BCUT2D eigenvalue weighted by atomic mass is 32.1. The second-order valence-corrected chi connectivity index (χ2v) is 4.89.